The third-order valence-electron chi connectivity index (χ3n) is 5.26. The fourth-order valence-corrected chi connectivity index (χ4v) is 4.27. The smallest absolute Gasteiger partial charge is 0.358 e. The van der Waals surface area contributed by atoms with E-state index in [1.807, 2.05) is 12.1 Å². The fourth-order valence-electron chi connectivity index (χ4n) is 3.92. The van der Waals surface area contributed by atoms with Crippen molar-refractivity contribution < 1.29 is 13.2 Å². The van der Waals surface area contributed by atoms with Gasteiger partial charge < -0.3 is 10.3 Å². The topological polar surface area (TPSA) is 70.9 Å². The first kappa shape index (κ1) is 18.3. The summed E-state index contributed by atoms with van der Waals surface area (Å²) in [5.41, 5.74) is 2.48. The molecular formula is C19H17F3N6S. The first-order chi connectivity index (χ1) is 13.9. The van der Waals surface area contributed by atoms with Gasteiger partial charge in [0, 0.05) is 22.6 Å². The van der Waals surface area contributed by atoms with E-state index in [-0.39, 0.29) is 22.8 Å². The highest BCUT2D eigenvalue weighted by Gasteiger charge is 2.36. The molecule has 3 aromatic heterocycles. The Morgan fingerprint density at radius 3 is 2.86 bits per heavy atom. The molecule has 1 unspecified atom stereocenters. The molecule has 0 saturated heterocycles. The first-order valence-electron chi connectivity index (χ1n) is 9.16. The Bertz CT molecular complexity index is 1210. The second-order valence-corrected chi connectivity index (χ2v) is 7.81. The van der Waals surface area contributed by atoms with Gasteiger partial charge in [-0.1, -0.05) is 30.0 Å². The molecule has 1 aliphatic rings. The van der Waals surface area contributed by atoms with E-state index in [2.05, 4.69) is 37.5 Å². The highest BCUT2D eigenvalue weighted by Crippen LogP contribution is 2.34. The summed E-state index contributed by atoms with van der Waals surface area (Å²) in [4.78, 5) is 11.9. The van der Waals surface area contributed by atoms with Crippen molar-refractivity contribution in [2.75, 3.05) is 11.6 Å². The summed E-state index contributed by atoms with van der Waals surface area (Å²) in [6, 6.07) is 8.18. The van der Waals surface area contributed by atoms with Crippen molar-refractivity contribution in [2.24, 2.45) is 0 Å². The van der Waals surface area contributed by atoms with Gasteiger partial charge in [-0.15, -0.1) is 0 Å². The third kappa shape index (κ3) is 3.11. The molecule has 150 valence electrons. The number of rotatable bonds is 3. The largest absolute Gasteiger partial charge is 0.421 e. The van der Waals surface area contributed by atoms with Gasteiger partial charge in [-0.25, -0.2) is 4.98 Å². The summed E-state index contributed by atoms with van der Waals surface area (Å²) >= 11 is 1.20. The third-order valence-corrected chi connectivity index (χ3v) is 5.81. The van der Waals surface area contributed by atoms with Crippen LogP contribution in [0, 0.1) is 0 Å². The zero-order valence-corrected chi connectivity index (χ0v) is 16.2. The molecule has 2 N–H and O–H groups in total. The molecule has 1 aromatic carbocycles. The Hall–Kier alpha value is -2.75. The molecular weight excluding hydrogens is 401 g/mol. The van der Waals surface area contributed by atoms with Crippen molar-refractivity contribution in [1.29, 1.82) is 0 Å². The summed E-state index contributed by atoms with van der Waals surface area (Å²) in [7, 11) is 0. The number of nitrogens with one attached hydrogen (secondary N) is 2. The van der Waals surface area contributed by atoms with Gasteiger partial charge in [0.25, 0.3) is 0 Å². The van der Waals surface area contributed by atoms with Gasteiger partial charge in [0.1, 0.15) is 5.56 Å². The lowest BCUT2D eigenvalue weighted by Crippen LogP contribution is -2.29. The highest BCUT2D eigenvalue weighted by molar-refractivity contribution is 7.98. The van der Waals surface area contributed by atoms with Gasteiger partial charge in [-0.05, 0) is 37.1 Å². The lowest BCUT2D eigenvalue weighted by molar-refractivity contribution is -0.136. The number of nitrogens with zero attached hydrogens (tertiary/aromatic N) is 4. The van der Waals surface area contributed by atoms with Crippen molar-refractivity contribution >= 4 is 34.3 Å². The van der Waals surface area contributed by atoms with Gasteiger partial charge in [-0.3, -0.25) is 0 Å². The van der Waals surface area contributed by atoms with Crippen molar-refractivity contribution in [3.8, 4) is 0 Å². The quantitative estimate of drug-likeness (QED) is 0.485. The van der Waals surface area contributed by atoms with E-state index >= 15 is 0 Å². The fraction of sp³-hybridized carbons (Fsp3) is 0.316. The highest BCUT2D eigenvalue weighted by atomic mass is 32.2. The predicted molar refractivity (Wildman–Crippen MR) is 105 cm³/mol. The molecule has 0 amide bonds. The summed E-state index contributed by atoms with van der Waals surface area (Å²) in [6.45, 7) is 0. The molecule has 0 radical (unpaired) electrons. The number of fused-ring (bicyclic) bond motifs is 4. The van der Waals surface area contributed by atoms with Crippen molar-refractivity contribution in [1.82, 2.24) is 24.6 Å². The maximum Gasteiger partial charge on any atom is 0.421 e. The SMILES string of the molecule is CSc1nc(NC2CCc3[nH]c4ccccc4c3C2)n2ncc(C(F)(F)F)c2n1. The van der Waals surface area contributed by atoms with Gasteiger partial charge in [-0.2, -0.15) is 27.8 Å². The van der Waals surface area contributed by atoms with Gasteiger partial charge in [0.2, 0.25) is 5.95 Å². The number of alkyl halides is 3. The van der Waals surface area contributed by atoms with E-state index < -0.39 is 11.7 Å². The van der Waals surface area contributed by atoms with Crippen LogP contribution in [0.4, 0.5) is 19.1 Å². The number of aryl methyl sites for hydroxylation is 1. The molecule has 0 bridgehead atoms. The predicted octanol–water partition coefficient (Wildman–Crippen LogP) is 4.32. The summed E-state index contributed by atoms with van der Waals surface area (Å²) in [5.74, 6) is 0.281. The van der Waals surface area contributed by atoms with Crippen molar-refractivity contribution in [3.05, 3.63) is 47.3 Å². The standard InChI is InChI=1S/C19H17F3N6S/c1-29-18-26-16-13(19(20,21)22)9-23-28(16)17(27-18)24-10-6-7-15-12(8-10)11-4-2-3-5-14(11)25-15/h2-5,9-10,25H,6-8H2,1H3,(H,24,26,27). The molecule has 1 atom stereocenters. The maximum atomic E-state index is 13.3. The summed E-state index contributed by atoms with van der Waals surface area (Å²) in [5, 5.41) is 8.68. The Morgan fingerprint density at radius 1 is 1.24 bits per heavy atom. The number of para-hydroxylation sites is 1. The maximum absolute atomic E-state index is 13.3. The van der Waals surface area contributed by atoms with Crippen LogP contribution in [0.25, 0.3) is 16.6 Å². The van der Waals surface area contributed by atoms with Crippen LogP contribution in [-0.2, 0) is 19.0 Å². The number of halogens is 3. The molecule has 5 rings (SSSR count). The molecule has 4 aromatic rings. The number of aromatic nitrogens is 5. The second-order valence-electron chi connectivity index (χ2n) is 7.04. The Morgan fingerprint density at radius 2 is 2.07 bits per heavy atom. The number of hydrogen-bond donors (Lipinski definition) is 2. The van der Waals surface area contributed by atoms with Crippen molar-refractivity contribution in [3.63, 3.8) is 0 Å². The molecule has 0 fully saturated rings. The summed E-state index contributed by atoms with van der Waals surface area (Å²) in [6.07, 6.45) is 0.473. The Labute approximate surface area is 167 Å². The van der Waals surface area contributed by atoms with Crippen LogP contribution >= 0.6 is 11.8 Å². The van der Waals surface area contributed by atoms with Crippen LogP contribution in [0.3, 0.4) is 0 Å². The second kappa shape index (κ2) is 6.65. The van der Waals surface area contributed by atoms with Crippen LogP contribution in [0.1, 0.15) is 23.2 Å². The Kier molecular flexibility index (Phi) is 4.19. The number of benzene rings is 1. The number of anilines is 1. The van der Waals surface area contributed by atoms with E-state index in [0.29, 0.717) is 0 Å². The molecule has 29 heavy (non-hydrogen) atoms. The number of aromatic amines is 1. The van der Waals surface area contributed by atoms with E-state index in [1.54, 1.807) is 6.26 Å². The van der Waals surface area contributed by atoms with Crippen LogP contribution in [0.5, 0.6) is 0 Å². The molecule has 0 saturated carbocycles. The Balaban J connectivity index is 1.51. The molecule has 6 nitrogen and oxygen atoms in total. The van der Waals surface area contributed by atoms with Crippen LogP contribution in [0.2, 0.25) is 0 Å². The molecule has 3 heterocycles. The summed E-state index contributed by atoms with van der Waals surface area (Å²) < 4.78 is 41.1. The van der Waals surface area contributed by atoms with Crippen molar-refractivity contribution in [2.45, 2.75) is 36.6 Å². The van der Waals surface area contributed by atoms with Crippen LogP contribution in [0.15, 0.2) is 35.6 Å². The van der Waals surface area contributed by atoms with Crippen LogP contribution in [-0.4, -0.2) is 36.9 Å². The van der Waals surface area contributed by atoms with Gasteiger partial charge >= 0.3 is 6.18 Å². The molecule has 10 heteroatoms. The average Bonchev–Trinajstić information content (AvgIpc) is 3.29. The zero-order chi connectivity index (χ0) is 20.2. The lowest BCUT2D eigenvalue weighted by atomic mass is 9.91. The minimum atomic E-state index is -4.52. The molecule has 0 aliphatic heterocycles. The molecule has 1 aliphatic carbocycles. The number of thioether (sulfide) groups is 1. The minimum absolute atomic E-state index is 0.0352. The number of H-pyrrole nitrogens is 1. The minimum Gasteiger partial charge on any atom is -0.358 e. The van der Waals surface area contributed by atoms with Gasteiger partial charge in [0.15, 0.2) is 10.8 Å². The van der Waals surface area contributed by atoms with E-state index in [0.717, 1.165) is 35.5 Å². The van der Waals surface area contributed by atoms with E-state index in [9.17, 15) is 13.2 Å². The van der Waals surface area contributed by atoms with E-state index in [1.165, 1.54) is 28.4 Å². The molecule has 0 spiro atoms. The lowest BCUT2D eigenvalue weighted by Gasteiger charge is -2.24. The monoisotopic (exact) mass is 418 g/mol. The van der Waals surface area contributed by atoms with E-state index in [4.69, 9.17) is 0 Å². The average molecular weight is 418 g/mol. The first-order valence-corrected chi connectivity index (χ1v) is 10.4. The number of hydrogen-bond acceptors (Lipinski definition) is 5. The normalized spacial score (nSPS) is 17.0. The van der Waals surface area contributed by atoms with Crippen LogP contribution < -0.4 is 5.32 Å². The zero-order valence-electron chi connectivity index (χ0n) is 15.4. The van der Waals surface area contributed by atoms with Gasteiger partial charge in [0.05, 0.1) is 6.20 Å².